The van der Waals surface area contributed by atoms with Gasteiger partial charge in [-0.05, 0) is 42.8 Å². The fraction of sp³-hybridized carbons (Fsp3) is 0.167. The van der Waals surface area contributed by atoms with Gasteiger partial charge in [-0.1, -0.05) is 35.5 Å². The Morgan fingerprint density at radius 1 is 1.30 bits per heavy atom. The van der Waals surface area contributed by atoms with Crippen LogP contribution in [0.3, 0.4) is 0 Å². The highest BCUT2D eigenvalue weighted by Crippen LogP contribution is 2.23. The van der Waals surface area contributed by atoms with Gasteiger partial charge in [-0.25, -0.2) is 4.39 Å². The molecule has 3 rings (SSSR count). The Balaban J connectivity index is 1.48. The molecule has 0 atom stereocenters. The van der Waals surface area contributed by atoms with E-state index in [0.29, 0.717) is 17.3 Å². The second-order valence-corrected chi connectivity index (χ2v) is 6.86. The zero-order valence-electron chi connectivity index (χ0n) is 14.2. The summed E-state index contributed by atoms with van der Waals surface area (Å²) in [5.41, 5.74) is 1.42. The normalized spacial score (nSPS) is 10.6. The molecule has 1 N–H and O–H groups in total. The number of thioether (sulfide) groups is 1. The average molecular weight is 408 g/mol. The molecule has 0 fully saturated rings. The van der Waals surface area contributed by atoms with Crippen LogP contribution in [0.25, 0.3) is 0 Å². The van der Waals surface area contributed by atoms with E-state index in [4.69, 9.17) is 20.8 Å². The van der Waals surface area contributed by atoms with Gasteiger partial charge in [-0.3, -0.25) is 4.79 Å². The number of nitrogens with zero attached hydrogens (tertiary/aromatic N) is 2. The lowest BCUT2D eigenvalue weighted by Gasteiger charge is -2.06. The topological polar surface area (TPSA) is 77.2 Å². The Morgan fingerprint density at radius 2 is 2.15 bits per heavy atom. The lowest BCUT2D eigenvalue weighted by atomic mass is 10.2. The van der Waals surface area contributed by atoms with E-state index in [9.17, 15) is 9.18 Å². The van der Waals surface area contributed by atoms with E-state index >= 15 is 0 Å². The van der Waals surface area contributed by atoms with Gasteiger partial charge in [0, 0.05) is 0 Å². The minimum atomic E-state index is -0.473. The molecule has 0 aliphatic rings. The van der Waals surface area contributed by atoms with Crippen LogP contribution in [0.4, 0.5) is 10.1 Å². The maximum Gasteiger partial charge on any atom is 0.277 e. The van der Waals surface area contributed by atoms with E-state index < -0.39 is 5.82 Å². The number of amides is 1. The molecule has 0 aliphatic heterocycles. The summed E-state index contributed by atoms with van der Waals surface area (Å²) >= 11 is 6.95. The standard InChI is InChI=1S/C18H15ClFN3O3S/c1-11-3-2-4-13(7-11)25-9-17-22-23-18(26-17)27-10-16(24)21-15-6-5-12(20)8-14(15)19/h2-8H,9-10H2,1H3,(H,21,24). The molecule has 2 aromatic carbocycles. The predicted molar refractivity (Wildman–Crippen MR) is 101 cm³/mol. The molecule has 27 heavy (non-hydrogen) atoms. The van der Waals surface area contributed by atoms with E-state index in [1.165, 1.54) is 12.1 Å². The fourth-order valence-electron chi connectivity index (χ4n) is 2.11. The van der Waals surface area contributed by atoms with E-state index in [2.05, 4.69) is 15.5 Å². The lowest BCUT2D eigenvalue weighted by Crippen LogP contribution is -2.14. The summed E-state index contributed by atoms with van der Waals surface area (Å²) < 4.78 is 24.0. The first kappa shape index (κ1) is 19.2. The zero-order chi connectivity index (χ0) is 19.2. The average Bonchev–Trinajstić information content (AvgIpc) is 3.09. The maximum absolute atomic E-state index is 13.0. The molecular formula is C18H15ClFN3O3S. The number of anilines is 1. The van der Waals surface area contributed by atoms with Gasteiger partial charge in [0.05, 0.1) is 16.5 Å². The van der Waals surface area contributed by atoms with Crippen LogP contribution in [0.5, 0.6) is 5.75 Å². The second kappa shape index (κ2) is 8.88. The third-order valence-corrected chi connectivity index (χ3v) is 4.46. The number of carbonyl (C=O) groups excluding carboxylic acids is 1. The molecule has 0 aliphatic carbocycles. The third-order valence-electron chi connectivity index (χ3n) is 3.33. The Kier molecular flexibility index (Phi) is 6.31. The van der Waals surface area contributed by atoms with Crippen LogP contribution in [0.1, 0.15) is 11.5 Å². The SMILES string of the molecule is Cc1cccc(OCc2nnc(SCC(=O)Nc3ccc(F)cc3Cl)o2)c1. The Bertz CT molecular complexity index is 951. The number of benzene rings is 2. The van der Waals surface area contributed by atoms with Crippen molar-refractivity contribution in [3.05, 3.63) is 64.8 Å². The van der Waals surface area contributed by atoms with Crippen molar-refractivity contribution < 1.29 is 18.3 Å². The number of aromatic nitrogens is 2. The van der Waals surface area contributed by atoms with Gasteiger partial charge in [0.1, 0.15) is 11.6 Å². The molecule has 0 saturated carbocycles. The second-order valence-electron chi connectivity index (χ2n) is 5.53. The largest absolute Gasteiger partial charge is 0.484 e. The smallest absolute Gasteiger partial charge is 0.277 e. The molecule has 3 aromatic rings. The van der Waals surface area contributed by atoms with E-state index in [1.54, 1.807) is 0 Å². The van der Waals surface area contributed by atoms with Crippen LogP contribution in [-0.4, -0.2) is 21.9 Å². The molecule has 6 nitrogen and oxygen atoms in total. The highest BCUT2D eigenvalue weighted by Gasteiger charge is 2.12. The molecule has 1 amide bonds. The van der Waals surface area contributed by atoms with Crippen molar-refractivity contribution in [3.63, 3.8) is 0 Å². The number of halogens is 2. The highest BCUT2D eigenvalue weighted by atomic mass is 35.5. The summed E-state index contributed by atoms with van der Waals surface area (Å²) in [6.07, 6.45) is 0. The van der Waals surface area contributed by atoms with Crippen molar-refractivity contribution in [2.75, 3.05) is 11.1 Å². The van der Waals surface area contributed by atoms with Crippen LogP contribution in [0.2, 0.25) is 5.02 Å². The number of nitrogens with one attached hydrogen (secondary N) is 1. The summed E-state index contributed by atoms with van der Waals surface area (Å²) in [5, 5.41) is 10.7. The van der Waals surface area contributed by atoms with Crippen molar-refractivity contribution in [1.29, 1.82) is 0 Å². The molecule has 0 unspecified atom stereocenters. The molecule has 0 bridgehead atoms. The molecule has 1 heterocycles. The first-order chi connectivity index (χ1) is 13.0. The van der Waals surface area contributed by atoms with E-state index in [1.807, 2.05) is 31.2 Å². The highest BCUT2D eigenvalue weighted by molar-refractivity contribution is 7.99. The first-order valence-electron chi connectivity index (χ1n) is 7.89. The minimum absolute atomic E-state index is 0.0358. The number of rotatable bonds is 7. The quantitative estimate of drug-likeness (QED) is 0.582. The predicted octanol–water partition coefficient (Wildman–Crippen LogP) is 4.48. The van der Waals surface area contributed by atoms with Crippen molar-refractivity contribution in [1.82, 2.24) is 10.2 Å². The fourth-order valence-corrected chi connectivity index (χ4v) is 2.90. The van der Waals surface area contributed by atoms with E-state index in [-0.39, 0.29) is 28.5 Å². The van der Waals surface area contributed by atoms with Gasteiger partial charge in [-0.2, -0.15) is 0 Å². The van der Waals surface area contributed by atoms with Gasteiger partial charge < -0.3 is 14.5 Å². The molecule has 0 saturated heterocycles. The number of ether oxygens (including phenoxy) is 1. The summed E-state index contributed by atoms with van der Waals surface area (Å²) in [4.78, 5) is 12.0. The third kappa shape index (κ3) is 5.70. The molecule has 0 radical (unpaired) electrons. The van der Waals surface area contributed by atoms with Gasteiger partial charge in [0.2, 0.25) is 5.91 Å². The molecule has 1 aromatic heterocycles. The number of aryl methyl sites for hydroxylation is 1. The first-order valence-corrected chi connectivity index (χ1v) is 9.25. The van der Waals surface area contributed by atoms with Gasteiger partial charge >= 0.3 is 0 Å². The zero-order valence-corrected chi connectivity index (χ0v) is 15.8. The minimum Gasteiger partial charge on any atom is -0.484 e. The van der Waals surface area contributed by atoms with Crippen molar-refractivity contribution in [2.45, 2.75) is 18.8 Å². The summed E-state index contributed by atoms with van der Waals surface area (Å²) in [5.74, 6) is 0.246. The van der Waals surface area contributed by atoms with Crippen LogP contribution in [-0.2, 0) is 11.4 Å². The monoisotopic (exact) mass is 407 g/mol. The Hall–Kier alpha value is -2.58. The summed E-state index contributed by atoms with van der Waals surface area (Å²) in [6, 6.07) is 11.3. The van der Waals surface area contributed by atoms with Gasteiger partial charge in [0.15, 0.2) is 6.61 Å². The molecule has 140 valence electrons. The number of hydrogen-bond acceptors (Lipinski definition) is 6. The summed E-state index contributed by atoms with van der Waals surface area (Å²) in [7, 11) is 0. The number of hydrogen-bond donors (Lipinski definition) is 1. The molecule has 9 heteroatoms. The van der Waals surface area contributed by atoms with Crippen molar-refractivity contribution >= 4 is 35.0 Å². The maximum atomic E-state index is 13.0. The van der Waals surface area contributed by atoms with Gasteiger partial charge in [-0.15, -0.1) is 10.2 Å². The molecular weight excluding hydrogens is 393 g/mol. The van der Waals surface area contributed by atoms with Crippen LogP contribution in [0, 0.1) is 12.7 Å². The Labute approximate surface area is 164 Å². The van der Waals surface area contributed by atoms with Crippen LogP contribution >= 0.6 is 23.4 Å². The van der Waals surface area contributed by atoms with Crippen LogP contribution in [0.15, 0.2) is 52.1 Å². The molecule has 0 spiro atoms. The van der Waals surface area contributed by atoms with Crippen molar-refractivity contribution in [2.24, 2.45) is 0 Å². The Morgan fingerprint density at radius 3 is 2.93 bits per heavy atom. The van der Waals surface area contributed by atoms with E-state index in [0.717, 1.165) is 23.4 Å². The lowest BCUT2D eigenvalue weighted by molar-refractivity contribution is -0.113. The summed E-state index contributed by atoms with van der Waals surface area (Å²) in [6.45, 7) is 2.10. The van der Waals surface area contributed by atoms with Crippen molar-refractivity contribution in [3.8, 4) is 5.75 Å². The van der Waals surface area contributed by atoms with Gasteiger partial charge in [0.25, 0.3) is 11.1 Å². The number of carbonyl (C=O) groups is 1. The van der Waals surface area contributed by atoms with Crippen LogP contribution < -0.4 is 10.1 Å².